The number of nitrogens with one attached hydrogen (secondary N) is 1. The molecule has 36 heavy (non-hydrogen) atoms. The van der Waals surface area contributed by atoms with Crippen LogP contribution in [0.2, 0.25) is 5.02 Å². The number of nitro groups is 1. The van der Waals surface area contributed by atoms with Gasteiger partial charge < -0.3 is 14.8 Å². The van der Waals surface area contributed by atoms with Gasteiger partial charge in [-0.25, -0.2) is 14.6 Å². The van der Waals surface area contributed by atoms with Gasteiger partial charge in [0.05, 0.1) is 52.9 Å². The summed E-state index contributed by atoms with van der Waals surface area (Å²) >= 11 is 7.19. The van der Waals surface area contributed by atoms with Gasteiger partial charge in [-0.2, -0.15) is 5.10 Å². The van der Waals surface area contributed by atoms with E-state index in [9.17, 15) is 14.9 Å². The van der Waals surface area contributed by atoms with Gasteiger partial charge in [-0.15, -0.1) is 0 Å². The number of rotatable bonds is 10. The molecule has 1 N–H and O–H groups in total. The van der Waals surface area contributed by atoms with Crippen molar-refractivity contribution in [3.8, 4) is 17.2 Å². The fraction of sp³-hybridized carbons (Fsp3) is 0.217. The molecule has 0 fully saturated rings. The Balaban J connectivity index is 1.53. The third kappa shape index (κ3) is 5.50. The third-order valence-corrected chi connectivity index (χ3v) is 6.13. The number of nitro benzene ring substituents is 1. The van der Waals surface area contributed by atoms with E-state index in [2.05, 4.69) is 20.4 Å². The number of nitrogens with zero attached hydrogens (tertiary/aromatic N) is 5. The quantitative estimate of drug-likeness (QED) is 0.132. The van der Waals surface area contributed by atoms with Gasteiger partial charge >= 0.3 is 5.69 Å². The van der Waals surface area contributed by atoms with Gasteiger partial charge in [-0.1, -0.05) is 23.4 Å². The number of hydrogen-bond acceptors (Lipinski definition) is 9. The van der Waals surface area contributed by atoms with Gasteiger partial charge in [0.2, 0.25) is 5.91 Å². The Kier molecular flexibility index (Phi) is 7.86. The molecular weight excluding hydrogens is 508 g/mol. The average molecular weight is 529 g/mol. The molecule has 11 nitrogen and oxygen atoms in total. The van der Waals surface area contributed by atoms with Crippen LogP contribution in [0.3, 0.4) is 0 Å². The van der Waals surface area contributed by atoms with Crippen molar-refractivity contribution in [1.29, 1.82) is 0 Å². The van der Waals surface area contributed by atoms with E-state index in [0.29, 0.717) is 21.1 Å². The van der Waals surface area contributed by atoms with E-state index in [-0.39, 0.29) is 47.7 Å². The molecule has 0 atom stereocenters. The minimum Gasteiger partial charge on any atom is -0.491 e. The zero-order chi connectivity index (χ0) is 25.7. The fourth-order valence-corrected chi connectivity index (χ4v) is 4.25. The number of fused-ring (bicyclic) bond motifs is 1. The summed E-state index contributed by atoms with van der Waals surface area (Å²) in [6.07, 6.45) is 3.05. The van der Waals surface area contributed by atoms with E-state index in [1.165, 1.54) is 30.2 Å². The van der Waals surface area contributed by atoms with Crippen LogP contribution in [0, 0.1) is 10.1 Å². The lowest BCUT2D eigenvalue weighted by molar-refractivity contribution is -0.385. The van der Waals surface area contributed by atoms with Crippen LogP contribution in [0.25, 0.3) is 16.7 Å². The number of ether oxygens (including phenoxy) is 2. The first-order valence-corrected chi connectivity index (χ1v) is 12.2. The number of carbonyl (C=O) groups is 1. The summed E-state index contributed by atoms with van der Waals surface area (Å²) in [6, 6.07) is 9.82. The fourth-order valence-electron chi connectivity index (χ4n) is 3.36. The molecule has 0 radical (unpaired) electrons. The van der Waals surface area contributed by atoms with Crippen LogP contribution < -0.4 is 14.8 Å². The Hall–Kier alpha value is -3.90. The molecule has 4 aromatic rings. The van der Waals surface area contributed by atoms with E-state index in [1.807, 2.05) is 12.1 Å². The van der Waals surface area contributed by atoms with E-state index < -0.39 is 4.92 Å². The lowest BCUT2D eigenvalue weighted by Crippen LogP contribution is -2.15. The van der Waals surface area contributed by atoms with Crippen molar-refractivity contribution < 1.29 is 19.2 Å². The van der Waals surface area contributed by atoms with Crippen LogP contribution in [-0.4, -0.2) is 49.5 Å². The molecule has 0 aliphatic rings. The van der Waals surface area contributed by atoms with Crippen molar-refractivity contribution in [3.63, 3.8) is 0 Å². The van der Waals surface area contributed by atoms with Crippen molar-refractivity contribution >= 4 is 51.7 Å². The Bertz CT molecular complexity index is 1410. The van der Waals surface area contributed by atoms with Gasteiger partial charge in [0.25, 0.3) is 0 Å². The normalized spacial score (nSPS) is 10.9. The number of amides is 1. The van der Waals surface area contributed by atoms with E-state index in [1.54, 1.807) is 36.9 Å². The first-order chi connectivity index (χ1) is 17.4. The van der Waals surface area contributed by atoms with Gasteiger partial charge in [0.1, 0.15) is 17.1 Å². The number of thioether (sulfide) groups is 1. The molecule has 2 heterocycles. The van der Waals surface area contributed by atoms with Crippen LogP contribution in [0.4, 0.5) is 11.4 Å². The lowest BCUT2D eigenvalue weighted by Gasteiger charge is -2.14. The predicted molar refractivity (Wildman–Crippen MR) is 136 cm³/mol. The van der Waals surface area contributed by atoms with Crippen LogP contribution in [-0.2, 0) is 4.79 Å². The standard InChI is InChI=1S/C23H21ClN6O5S/c1-3-34-19-10-18(30(32)33)20(35-4-2)9-17(19)28-21(31)12-36-23-16-11-27-29(22(16)25-13-26-23)15-7-5-14(24)6-8-15/h5-11,13H,3-4,12H2,1-2H3,(H,28,31). The maximum absolute atomic E-state index is 12.8. The lowest BCUT2D eigenvalue weighted by atomic mass is 10.2. The van der Waals surface area contributed by atoms with Gasteiger partial charge in [0, 0.05) is 11.1 Å². The zero-order valence-corrected chi connectivity index (χ0v) is 20.9. The van der Waals surface area contributed by atoms with Crippen molar-refractivity contribution in [2.24, 2.45) is 0 Å². The number of hydrogen-bond donors (Lipinski definition) is 1. The minimum atomic E-state index is -0.556. The molecule has 4 rings (SSSR count). The molecule has 2 aromatic heterocycles. The molecule has 13 heteroatoms. The number of benzene rings is 2. The first kappa shape index (κ1) is 25.2. The topological polar surface area (TPSA) is 134 Å². The molecule has 0 saturated carbocycles. The number of halogens is 1. The Labute approximate surface area is 214 Å². The monoisotopic (exact) mass is 528 g/mol. The van der Waals surface area contributed by atoms with Crippen molar-refractivity contribution in [2.45, 2.75) is 18.9 Å². The highest BCUT2D eigenvalue weighted by Gasteiger charge is 2.22. The highest BCUT2D eigenvalue weighted by atomic mass is 35.5. The number of anilines is 1. The second-order valence-electron chi connectivity index (χ2n) is 7.22. The molecule has 0 saturated heterocycles. The zero-order valence-electron chi connectivity index (χ0n) is 19.3. The first-order valence-electron chi connectivity index (χ1n) is 10.9. The average Bonchev–Trinajstić information content (AvgIpc) is 3.29. The van der Waals surface area contributed by atoms with Crippen LogP contribution in [0.1, 0.15) is 13.8 Å². The maximum atomic E-state index is 12.8. The van der Waals surface area contributed by atoms with Crippen LogP contribution in [0.15, 0.2) is 53.9 Å². The van der Waals surface area contributed by atoms with Crippen molar-refractivity contribution in [2.75, 3.05) is 24.3 Å². The van der Waals surface area contributed by atoms with E-state index in [0.717, 1.165) is 5.69 Å². The maximum Gasteiger partial charge on any atom is 0.314 e. The van der Waals surface area contributed by atoms with Gasteiger partial charge in [-0.3, -0.25) is 14.9 Å². The molecule has 2 aromatic carbocycles. The summed E-state index contributed by atoms with van der Waals surface area (Å²) in [4.78, 5) is 32.3. The molecule has 0 unspecified atom stereocenters. The smallest absolute Gasteiger partial charge is 0.314 e. The Morgan fingerprint density at radius 1 is 1.14 bits per heavy atom. The molecule has 0 aliphatic heterocycles. The number of aromatic nitrogens is 4. The second-order valence-corrected chi connectivity index (χ2v) is 8.63. The summed E-state index contributed by atoms with van der Waals surface area (Å²) in [6.45, 7) is 3.95. The molecule has 0 bridgehead atoms. The van der Waals surface area contributed by atoms with E-state index in [4.69, 9.17) is 21.1 Å². The molecule has 186 valence electrons. The van der Waals surface area contributed by atoms with E-state index >= 15 is 0 Å². The summed E-state index contributed by atoms with van der Waals surface area (Å²) in [5.74, 6) is -0.111. The second kappa shape index (κ2) is 11.2. The minimum absolute atomic E-state index is 0.0186. The Morgan fingerprint density at radius 2 is 1.86 bits per heavy atom. The largest absolute Gasteiger partial charge is 0.491 e. The molecule has 0 aliphatic carbocycles. The predicted octanol–water partition coefficient (Wildman–Crippen LogP) is 4.91. The molecule has 1 amide bonds. The number of carbonyl (C=O) groups excluding carboxylic acids is 1. The van der Waals surface area contributed by atoms with Crippen LogP contribution >= 0.6 is 23.4 Å². The third-order valence-electron chi connectivity index (χ3n) is 4.87. The highest BCUT2D eigenvalue weighted by molar-refractivity contribution is 8.00. The summed E-state index contributed by atoms with van der Waals surface area (Å²) in [5, 5.41) is 20.5. The summed E-state index contributed by atoms with van der Waals surface area (Å²) in [5.41, 5.74) is 1.41. The highest BCUT2D eigenvalue weighted by Crippen LogP contribution is 2.38. The summed E-state index contributed by atoms with van der Waals surface area (Å²) in [7, 11) is 0. The summed E-state index contributed by atoms with van der Waals surface area (Å²) < 4.78 is 12.6. The van der Waals surface area contributed by atoms with Crippen LogP contribution in [0.5, 0.6) is 11.5 Å². The van der Waals surface area contributed by atoms with Gasteiger partial charge in [-0.05, 0) is 38.1 Å². The molecule has 0 spiro atoms. The van der Waals surface area contributed by atoms with Gasteiger partial charge in [0.15, 0.2) is 11.4 Å². The molecular formula is C23H21ClN6O5S. The van der Waals surface area contributed by atoms with Crippen molar-refractivity contribution in [1.82, 2.24) is 19.7 Å². The Morgan fingerprint density at radius 3 is 2.56 bits per heavy atom. The SMILES string of the molecule is CCOc1cc([N+](=O)[O-])c(OCC)cc1NC(=O)CSc1ncnc2c1cnn2-c1ccc(Cl)cc1. The van der Waals surface area contributed by atoms with Crippen molar-refractivity contribution in [3.05, 3.63) is 64.1 Å².